The number of benzene rings is 2. The molecule has 0 heterocycles. The lowest BCUT2D eigenvalue weighted by molar-refractivity contribution is 0.167. The number of hydrogen-bond acceptors (Lipinski definition) is 4. The van der Waals surface area contributed by atoms with E-state index >= 15 is 0 Å². The van der Waals surface area contributed by atoms with Crippen molar-refractivity contribution in [3.05, 3.63) is 59.7 Å². The third-order valence-corrected chi connectivity index (χ3v) is 4.43. The number of nitrogens with zero attached hydrogens (tertiary/aromatic N) is 1. The zero-order valence-electron chi connectivity index (χ0n) is 17.2. The Labute approximate surface area is 176 Å². The molecule has 2 aromatic rings. The Balaban J connectivity index is 1.66. The fourth-order valence-corrected chi connectivity index (χ4v) is 2.78. The third-order valence-electron chi connectivity index (χ3n) is 4.43. The summed E-state index contributed by atoms with van der Waals surface area (Å²) >= 11 is 0. The highest BCUT2D eigenvalue weighted by atomic mass is 19.2. The number of halogens is 2. The predicted molar refractivity (Wildman–Crippen MR) is 114 cm³/mol. The van der Waals surface area contributed by atoms with Crippen LogP contribution in [0.2, 0.25) is 0 Å². The Kier molecular flexibility index (Phi) is 10.3. The van der Waals surface area contributed by atoms with Crippen LogP contribution in [-0.2, 0) is 4.84 Å². The molecule has 0 saturated carbocycles. The first kappa shape index (κ1) is 23.3. The summed E-state index contributed by atoms with van der Waals surface area (Å²) in [7, 11) is 0. The van der Waals surface area contributed by atoms with Crippen molar-refractivity contribution in [1.82, 2.24) is 0 Å². The number of oxime groups is 1. The van der Waals surface area contributed by atoms with Crippen molar-refractivity contribution in [2.45, 2.75) is 51.9 Å². The van der Waals surface area contributed by atoms with E-state index in [-0.39, 0.29) is 5.56 Å². The first-order valence-electron chi connectivity index (χ1n) is 10.3. The molecule has 1 N–H and O–H groups in total. The van der Waals surface area contributed by atoms with Gasteiger partial charge in [-0.15, -0.1) is 0 Å². The van der Waals surface area contributed by atoms with Gasteiger partial charge in [-0.2, -0.15) is 0 Å². The van der Waals surface area contributed by atoms with E-state index in [9.17, 15) is 13.6 Å². The van der Waals surface area contributed by atoms with Gasteiger partial charge in [-0.1, -0.05) is 62.7 Å². The van der Waals surface area contributed by atoms with Crippen LogP contribution in [0.1, 0.15) is 57.4 Å². The number of amides is 1. The topological polar surface area (TPSA) is 59.9 Å². The number of unbranched alkanes of at least 4 members (excludes halogenated alkanes) is 6. The molecule has 0 aromatic heterocycles. The average molecular weight is 418 g/mol. The van der Waals surface area contributed by atoms with Gasteiger partial charge in [0.05, 0.1) is 12.8 Å². The van der Waals surface area contributed by atoms with Gasteiger partial charge in [-0.05, 0) is 36.8 Å². The van der Waals surface area contributed by atoms with Crippen LogP contribution >= 0.6 is 0 Å². The first-order valence-corrected chi connectivity index (χ1v) is 10.3. The number of carbonyl (C=O) groups is 1. The van der Waals surface area contributed by atoms with E-state index in [4.69, 9.17) is 4.74 Å². The maximum Gasteiger partial charge on any atom is 0.437 e. The highest BCUT2D eigenvalue weighted by Gasteiger charge is 2.06. The second-order valence-corrected chi connectivity index (χ2v) is 6.88. The SMILES string of the molecule is CCCCCCCCCOc1ccc(NC(=O)O/N=C/c2cccc(F)c2F)cc1. The molecule has 0 bridgehead atoms. The molecule has 1 amide bonds. The fraction of sp³-hybridized carbons (Fsp3) is 0.391. The smallest absolute Gasteiger partial charge is 0.437 e. The average Bonchev–Trinajstić information content (AvgIpc) is 2.74. The Morgan fingerprint density at radius 3 is 2.43 bits per heavy atom. The van der Waals surface area contributed by atoms with E-state index in [0.29, 0.717) is 12.3 Å². The molecule has 0 saturated heterocycles. The third kappa shape index (κ3) is 8.59. The monoisotopic (exact) mass is 418 g/mol. The van der Waals surface area contributed by atoms with Crippen LogP contribution in [0.5, 0.6) is 5.75 Å². The number of rotatable bonds is 12. The molecule has 0 atom stereocenters. The molecule has 0 aliphatic rings. The fourth-order valence-electron chi connectivity index (χ4n) is 2.78. The summed E-state index contributed by atoms with van der Waals surface area (Å²) in [5.41, 5.74) is 0.376. The second-order valence-electron chi connectivity index (χ2n) is 6.88. The number of hydrogen-bond donors (Lipinski definition) is 1. The van der Waals surface area contributed by atoms with Crippen LogP contribution in [0.3, 0.4) is 0 Å². The molecule has 7 heteroatoms. The van der Waals surface area contributed by atoms with Gasteiger partial charge < -0.3 is 4.74 Å². The molecule has 162 valence electrons. The van der Waals surface area contributed by atoms with Crippen LogP contribution in [0, 0.1) is 11.6 Å². The van der Waals surface area contributed by atoms with Crippen molar-refractivity contribution in [3.8, 4) is 5.75 Å². The van der Waals surface area contributed by atoms with E-state index in [2.05, 4.69) is 22.2 Å². The highest BCUT2D eigenvalue weighted by Crippen LogP contribution is 2.17. The van der Waals surface area contributed by atoms with E-state index in [1.807, 2.05) is 0 Å². The first-order chi connectivity index (χ1) is 14.6. The van der Waals surface area contributed by atoms with Gasteiger partial charge in [0, 0.05) is 11.3 Å². The Morgan fingerprint density at radius 2 is 1.70 bits per heavy atom. The van der Waals surface area contributed by atoms with Gasteiger partial charge in [0.15, 0.2) is 11.6 Å². The maximum atomic E-state index is 13.5. The summed E-state index contributed by atoms with van der Waals surface area (Å²) in [4.78, 5) is 16.3. The van der Waals surface area contributed by atoms with Crippen LogP contribution in [0.25, 0.3) is 0 Å². The minimum Gasteiger partial charge on any atom is -0.494 e. The standard InChI is InChI=1S/C23H28F2N2O3/c1-2-3-4-5-6-7-8-16-29-20-14-12-19(13-15-20)27-23(28)30-26-17-18-10-9-11-21(24)22(18)25/h9-15,17H,2-8,16H2,1H3,(H,27,28)/b26-17+. The maximum absolute atomic E-state index is 13.5. The van der Waals surface area contributed by atoms with Gasteiger partial charge in [-0.3, -0.25) is 10.2 Å². The molecule has 30 heavy (non-hydrogen) atoms. The number of nitrogens with one attached hydrogen (secondary N) is 1. The van der Waals surface area contributed by atoms with Gasteiger partial charge in [-0.25, -0.2) is 13.6 Å². The zero-order chi connectivity index (χ0) is 21.6. The summed E-state index contributed by atoms with van der Waals surface area (Å²) < 4.78 is 32.3. The lowest BCUT2D eigenvalue weighted by Gasteiger charge is -2.07. The Bertz CT molecular complexity index is 811. The molecule has 2 rings (SSSR count). The Morgan fingerprint density at radius 1 is 1.00 bits per heavy atom. The second kappa shape index (κ2) is 13.3. The summed E-state index contributed by atoms with van der Waals surface area (Å²) in [5.74, 6) is -1.34. The predicted octanol–water partition coefficient (Wildman–Crippen LogP) is 6.68. The van der Waals surface area contributed by atoms with Crippen LogP contribution < -0.4 is 10.1 Å². The van der Waals surface area contributed by atoms with Gasteiger partial charge in [0.25, 0.3) is 0 Å². The van der Waals surface area contributed by atoms with E-state index in [0.717, 1.165) is 30.9 Å². The van der Waals surface area contributed by atoms with E-state index < -0.39 is 17.7 Å². The molecule has 5 nitrogen and oxygen atoms in total. The summed E-state index contributed by atoms with van der Waals surface area (Å²) in [6.07, 6.45) is 8.65. The van der Waals surface area contributed by atoms with Gasteiger partial charge in [0.1, 0.15) is 5.75 Å². The molecule has 0 aliphatic heterocycles. The number of ether oxygens (including phenoxy) is 1. The van der Waals surface area contributed by atoms with Crippen molar-refractivity contribution >= 4 is 18.0 Å². The normalized spacial score (nSPS) is 10.9. The molecule has 0 spiro atoms. The lowest BCUT2D eigenvalue weighted by Crippen LogP contribution is -2.10. The molecule has 0 unspecified atom stereocenters. The van der Waals surface area contributed by atoms with Crippen molar-refractivity contribution in [2.24, 2.45) is 5.16 Å². The lowest BCUT2D eigenvalue weighted by atomic mass is 10.1. The summed E-state index contributed by atoms with van der Waals surface area (Å²) in [6, 6.07) is 10.5. The van der Waals surface area contributed by atoms with E-state index in [1.165, 1.54) is 44.2 Å². The highest BCUT2D eigenvalue weighted by molar-refractivity contribution is 5.86. The quantitative estimate of drug-likeness (QED) is 0.181. The zero-order valence-corrected chi connectivity index (χ0v) is 17.2. The molecule has 0 radical (unpaired) electrons. The summed E-state index contributed by atoms with van der Waals surface area (Å²) in [6.45, 7) is 2.87. The van der Waals surface area contributed by atoms with Crippen LogP contribution in [-0.4, -0.2) is 18.9 Å². The van der Waals surface area contributed by atoms with E-state index in [1.54, 1.807) is 24.3 Å². The Hall–Kier alpha value is -2.96. The molecule has 2 aromatic carbocycles. The number of anilines is 1. The minimum atomic E-state index is -1.06. The van der Waals surface area contributed by atoms with Gasteiger partial charge in [0.2, 0.25) is 0 Å². The molecular formula is C23H28F2N2O3. The molecule has 0 aliphatic carbocycles. The van der Waals surface area contributed by atoms with Crippen molar-refractivity contribution < 1.29 is 23.1 Å². The largest absolute Gasteiger partial charge is 0.494 e. The summed E-state index contributed by atoms with van der Waals surface area (Å²) in [5, 5.41) is 5.85. The minimum absolute atomic E-state index is 0.120. The molecule has 0 fully saturated rings. The van der Waals surface area contributed by atoms with Crippen molar-refractivity contribution in [3.63, 3.8) is 0 Å². The van der Waals surface area contributed by atoms with Gasteiger partial charge >= 0.3 is 6.09 Å². The van der Waals surface area contributed by atoms with Crippen molar-refractivity contribution in [2.75, 3.05) is 11.9 Å². The molecular weight excluding hydrogens is 390 g/mol. The van der Waals surface area contributed by atoms with Crippen LogP contribution in [0.15, 0.2) is 47.6 Å². The van der Waals surface area contributed by atoms with Crippen molar-refractivity contribution in [1.29, 1.82) is 0 Å². The van der Waals surface area contributed by atoms with Crippen LogP contribution in [0.4, 0.5) is 19.3 Å². The number of carbonyl (C=O) groups excluding carboxylic acids is 1.